The number of amides is 1. The topological polar surface area (TPSA) is 69.2 Å². The molecule has 0 spiro atoms. The van der Waals surface area contributed by atoms with Gasteiger partial charge in [0, 0.05) is 11.3 Å². The van der Waals surface area contributed by atoms with E-state index in [0.29, 0.717) is 17.3 Å². The molecule has 0 aliphatic heterocycles. The van der Waals surface area contributed by atoms with Crippen LogP contribution in [0.4, 0.5) is 0 Å². The summed E-state index contributed by atoms with van der Waals surface area (Å²) < 4.78 is 15.7. The third kappa shape index (κ3) is 5.70. The Morgan fingerprint density at radius 1 is 1.08 bits per heavy atom. The highest BCUT2D eigenvalue weighted by atomic mass is 32.2. The number of rotatable bonds is 9. The number of hydrogen-bond donors (Lipinski definition) is 1. The van der Waals surface area contributed by atoms with Crippen molar-refractivity contribution in [3.05, 3.63) is 53.6 Å². The van der Waals surface area contributed by atoms with E-state index in [9.17, 15) is 4.79 Å². The largest absolute Gasteiger partial charge is 0.497 e. The molecule has 2 aromatic carbocycles. The van der Waals surface area contributed by atoms with Gasteiger partial charge in [-0.05, 0) is 29.8 Å². The minimum absolute atomic E-state index is 0.165. The standard InChI is InChI=1S/C19H22N2O4S/c1-23-16-9-7-14(8-10-16)12-26-13-18(22)21-20-11-15-5-4-6-17(24-2)19(15)25-3/h4-11H,12-13H2,1-3H3,(H,21,22)/b20-11+. The van der Waals surface area contributed by atoms with Crippen molar-refractivity contribution >= 4 is 23.9 Å². The van der Waals surface area contributed by atoms with E-state index in [4.69, 9.17) is 14.2 Å². The van der Waals surface area contributed by atoms with E-state index in [1.165, 1.54) is 18.0 Å². The number of hydrogen-bond acceptors (Lipinski definition) is 6. The summed E-state index contributed by atoms with van der Waals surface area (Å²) in [5, 5.41) is 3.98. The number of carbonyl (C=O) groups excluding carboxylic acids is 1. The van der Waals surface area contributed by atoms with Gasteiger partial charge < -0.3 is 14.2 Å². The average molecular weight is 374 g/mol. The van der Waals surface area contributed by atoms with Crippen LogP contribution in [0.15, 0.2) is 47.6 Å². The minimum Gasteiger partial charge on any atom is -0.497 e. The second kappa shape index (κ2) is 10.4. The summed E-state index contributed by atoms with van der Waals surface area (Å²) in [5.41, 5.74) is 4.37. The highest BCUT2D eigenvalue weighted by Crippen LogP contribution is 2.29. The van der Waals surface area contributed by atoms with Gasteiger partial charge in [0.2, 0.25) is 5.91 Å². The molecule has 6 nitrogen and oxygen atoms in total. The number of thioether (sulfide) groups is 1. The van der Waals surface area contributed by atoms with Gasteiger partial charge in [0.15, 0.2) is 11.5 Å². The Labute approximate surface area is 157 Å². The first-order chi connectivity index (χ1) is 12.7. The van der Waals surface area contributed by atoms with Gasteiger partial charge >= 0.3 is 0 Å². The van der Waals surface area contributed by atoms with Crippen LogP contribution >= 0.6 is 11.8 Å². The summed E-state index contributed by atoms with van der Waals surface area (Å²) in [4.78, 5) is 11.9. The second-order valence-electron chi connectivity index (χ2n) is 5.22. The highest BCUT2D eigenvalue weighted by Gasteiger charge is 2.07. The van der Waals surface area contributed by atoms with E-state index in [0.717, 1.165) is 22.6 Å². The summed E-state index contributed by atoms with van der Waals surface area (Å²) in [5.74, 6) is 2.89. The predicted molar refractivity (Wildman–Crippen MR) is 104 cm³/mol. The maximum absolute atomic E-state index is 11.9. The van der Waals surface area contributed by atoms with Gasteiger partial charge in [-0.3, -0.25) is 4.79 Å². The van der Waals surface area contributed by atoms with Crippen molar-refractivity contribution in [2.45, 2.75) is 5.75 Å². The van der Waals surface area contributed by atoms with Crippen molar-refractivity contribution in [1.29, 1.82) is 0 Å². The molecule has 1 N–H and O–H groups in total. The number of benzene rings is 2. The third-order valence-electron chi connectivity index (χ3n) is 3.49. The first-order valence-electron chi connectivity index (χ1n) is 7.91. The SMILES string of the molecule is COc1ccc(CSCC(=O)N/N=C/c2cccc(OC)c2OC)cc1. The monoisotopic (exact) mass is 374 g/mol. The molecule has 7 heteroatoms. The molecular formula is C19H22N2O4S. The van der Waals surface area contributed by atoms with E-state index in [1.54, 1.807) is 27.4 Å². The molecule has 0 heterocycles. The van der Waals surface area contributed by atoms with Gasteiger partial charge in [-0.1, -0.05) is 18.2 Å². The van der Waals surface area contributed by atoms with Gasteiger partial charge in [0.1, 0.15) is 5.75 Å². The quantitative estimate of drug-likeness (QED) is 0.540. The van der Waals surface area contributed by atoms with E-state index in [-0.39, 0.29) is 5.91 Å². The van der Waals surface area contributed by atoms with Crippen LogP contribution in [0.5, 0.6) is 17.2 Å². The molecular weight excluding hydrogens is 352 g/mol. The lowest BCUT2D eigenvalue weighted by molar-refractivity contribution is -0.118. The lowest BCUT2D eigenvalue weighted by Gasteiger charge is -2.09. The maximum Gasteiger partial charge on any atom is 0.250 e. The molecule has 2 rings (SSSR count). The number of methoxy groups -OCH3 is 3. The number of nitrogens with zero attached hydrogens (tertiary/aromatic N) is 1. The Bertz CT molecular complexity index is 748. The predicted octanol–water partition coefficient (Wildman–Crippen LogP) is 3.10. The van der Waals surface area contributed by atoms with Crippen molar-refractivity contribution in [1.82, 2.24) is 5.43 Å². The molecule has 0 saturated carbocycles. The summed E-state index contributed by atoms with van der Waals surface area (Å²) in [6.45, 7) is 0. The molecule has 138 valence electrons. The van der Waals surface area contributed by atoms with Gasteiger partial charge in [-0.2, -0.15) is 5.10 Å². The van der Waals surface area contributed by atoms with Crippen LogP contribution < -0.4 is 19.6 Å². The third-order valence-corrected chi connectivity index (χ3v) is 4.49. The van der Waals surface area contributed by atoms with Crippen molar-refractivity contribution in [2.75, 3.05) is 27.1 Å². The number of nitrogens with one attached hydrogen (secondary N) is 1. The van der Waals surface area contributed by atoms with E-state index < -0.39 is 0 Å². The summed E-state index contributed by atoms with van der Waals surface area (Å²) in [7, 11) is 4.76. The highest BCUT2D eigenvalue weighted by molar-refractivity contribution is 7.99. The van der Waals surface area contributed by atoms with Crippen LogP contribution in [-0.4, -0.2) is 39.2 Å². The van der Waals surface area contributed by atoms with Gasteiger partial charge in [0.05, 0.1) is 33.3 Å². The second-order valence-corrected chi connectivity index (χ2v) is 6.20. The van der Waals surface area contributed by atoms with E-state index in [2.05, 4.69) is 10.5 Å². The van der Waals surface area contributed by atoms with Crippen molar-refractivity contribution in [3.63, 3.8) is 0 Å². The molecule has 0 radical (unpaired) electrons. The molecule has 0 aliphatic carbocycles. The summed E-state index contributed by atoms with van der Waals surface area (Å²) in [6.07, 6.45) is 1.54. The summed E-state index contributed by atoms with van der Waals surface area (Å²) in [6, 6.07) is 13.2. The molecule has 0 aromatic heterocycles. The van der Waals surface area contributed by atoms with Gasteiger partial charge in [-0.15, -0.1) is 11.8 Å². The number of hydrazone groups is 1. The molecule has 0 bridgehead atoms. The zero-order valence-corrected chi connectivity index (χ0v) is 15.8. The number of ether oxygens (including phenoxy) is 3. The van der Waals surface area contributed by atoms with Crippen molar-refractivity contribution in [2.24, 2.45) is 5.10 Å². The Balaban J connectivity index is 1.80. The lowest BCUT2D eigenvalue weighted by atomic mass is 10.2. The van der Waals surface area contributed by atoms with Crippen LogP contribution in [-0.2, 0) is 10.5 Å². The lowest BCUT2D eigenvalue weighted by Crippen LogP contribution is -2.19. The molecule has 0 unspecified atom stereocenters. The molecule has 0 atom stereocenters. The fraction of sp³-hybridized carbons (Fsp3) is 0.263. The van der Waals surface area contributed by atoms with E-state index >= 15 is 0 Å². The fourth-order valence-corrected chi connectivity index (χ4v) is 2.98. The number of para-hydroxylation sites is 1. The molecule has 0 fully saturated rings. The fourth-order valence-electron chi connectivity index (χ4n) is 2.20. The normalized spacial score (nSPS) is 10.6. The number of carbonyl (C=O) groups is 1. The molecule has 0 aliphatic rings. The van der Waals surface area contributed by atoms with Crippen LogP contribution in [0, 0.1) is 0 Å². The molecule has 0 saturated heterocycles. The van der Waals surface area contributed by atoms with Crippen molar-refractivity contribution < 1.29 is 19.0 Å². The Kier molecular flexibility index (Phi) is 7.82. The Hall–Kier alpha value is -2.67. The average Bonchev–Trinajstić information content (AvgIpc) is 2.68. The Morgan fingerprint density at radius 2 is 1.85 bits per heavy atom. The summed E-state index contributed by atoms with van der Waals surface area (Å²) >= 11 is 1.52. The first kappa shape index (κ1) is 19.7. The van der Waals surface area contributed by atoms with Crippen LogP contribution in [0.3, 0.4) is 0 Å². The van der Waals surface area contributed by atoms with Crippen LogP contribution in [0.2, 0.25) is 0 Å². The van der Waals surface area contributed by atoms with Crippen LogP contribution in [0.1, 0.15) is 11.1 Å². The zero-order valence-electron chi connectivity index (χ0n) is 15.0. The van der Waals surface area contributed by atoms with Crippen LogP contribution in [0.25, 0.3) is 0 Å². The molecule has 2 aromatic rings. The maximum atomic E-state index is 11.9. The van der Waals surface area contributed by atoms with E-state index in [1.807, 2.05) is 36.4 Å². The van der Waals surface area contributed by atoms with Gasteiger partial charge in [-0.25, -0.2) is 5.43 Å². The minimum atomic E-state index is -0.165. The molecule has 1 amide bonds. The smallest absolute Gasteiger partial charge is 0.250 e. The van der Waals surface area contributed by atoms with Crippen molar-refractivity contribution in [3.8, 4) is 17.2 Å². The Morgan fingerprint density at radius 3 is 2.50 bits per heavy atom. The van der Waals surface area contributed by atoms with Gasteiger partial charge in [0.25, 0.3) is 0 Å². The molecule has 26 heavy (non-hydrogen) atoms. The first-order valence-corrected chi connectivity index (χ1v) is 9.07. The zero-order chi connectivity index (χ0) is 18.8.